The molecule has 5 nitrogen and oxygen atoms in total. The number of sulfone groups is 1. The van der Waals surface area contributed by atoms with Crippen LogP contribution in [0.1, 0.15) is 0 Å². The van der Waals surface area contributed by atoms with Gasteiger partial charge in [0.15, 0.2) is 9.84 Å². The first-order chi connectivity index (χ1) is 10.4. The fourth-order valence-corrected chi connectivity index (χ4v) is 3.17. The van der Waals surface area contributed by atoms with Gasteiger partial charge in [0.2, 0.25) is 5.91 Å². The molecule has 0 saturated heterocycles. The Hall–Kier alpha value is -1.86. The summed E-state index contributed by atoms with van der Waals surface area (Å²) in [7, 11) is -2.19. The molecule has 0 aliphatic carbocycles. The molecule has 0 aliphatic heterocycles. The number of hydrogen-bond acceptors (Lipinski definition) is 4. The molecular weight excluding hydrogens is 370 g/mol. The minimum atomic E-state index is -3.69. The second-order valence-corrected chi connectivity index (χ2v) is 7.39. The number of hydrogen-bond donors (Lipinski definition) is 1. The van der Waals surface area contributed by atoms with Crippen LogP contribution in [0, 0.1) is 0 Å². The van der Waals surface area contributed by atoms with Gasteiger partial charge < -0.3 is 10.1 Å². The zero-order chi connectivity index (χ0) is 16.2. The summed E-state index contributed by atoms with van der Waals surface area (Å²) >= 11 is 3.28. The molecule has 2 aromatic carbocycles. The van der Waals surface area contributed by atoms with Crippen molar-refractivity contribution in [1.82, 2.24) is 0 Å². The van der Waals surface area contributed by atoms with Gasteiger partial charge in [-0.25, -0.2) is 8.42 Å². The predicted molar refractivity (Wildman–Crippen MR) is 87.8 cm³/mol. The molecule has 7 heteroatoms. The van der Waals surface area contributed by atoms with Crippen molar-refractivity contribution >= 4 is 37.4 Å². The highest BCUT2D eigenvalue weighted by atomic mass is 79.9. The zero-order valence-corrected chi connectivity index (χ0v) is 14.1. The highest BCUT2D eigenvalue weighted by molar-refractivity contribution is 9.10. The molecule has 1 N–H and O–H groups in total. The Morgan fingerprint density at radius 1 is 1.09 bits per heavy atom. The average Bonchev–Trinajstić information content (AvgIpc) is 2.49. The standard InChI is InChI=1S/C15H14BrNO4S/c1-21-13-6-8-14(9-7-13)22(19,20)10-15(18)17-12-4-2-11(16)3-5-12/h2-9H,10H2,1H3,(H,17,18). The van der Waals surface area contributed by atoms with Gasteiger partial charge in [0.1, 0.15) is 11.5 Å². The minimum Gasteiger partial charge on any atom is -0.497 e. The lowest BCUT2D eigenvalue weighted by Gasteiger charge is -2.07. The Morgan fingerprint density at radius 3 is 2.23 bits per heavy atom. The molecule has 0 unspecified atom stereocenters. The van der Waals surface area contributed by atoms with Crippen LogP contribution in [0.2, 0.25) is 0 Å². The number of benzene rings is 2. The topological polar surface area (TPSA) is 72.5 Å². The number of anilines is 1. The number of carbonyl (C=O) groups excluding carboxylic acids is 1. The molecule has 0 bridgehead atoms. The summed E-state index contributed by atoms with van der Waals surface area (Å²) in [5, 5.41) is 2.55. The second kappa shape index (κ2) is 6.93. The summed E-state index contributed by atoms with van der Waals surface area (Å²) in [6.45, 7) is 0. The lowest BCUT2D eigenvalue weighted by Crippen LogP contribution is -2.23. The number of halogens is 1. The normalized spacial score (nSPS) is 11.0. The molecule has 0 atom stereocenters. The van der Waals surface area contributed by atoms with E-state index in [0.717, 1.165) is 4.47 Å². The first-order valence-corrected chi connectivity index (χ1v) is 8.77. The van der Waals surface area contributed by atoms with Crippen molar-refractivity contribution in [2.45, 2.75) is 4.90 Å². The smallest absolute Gasteiger partial charge is 0.239 e. The van der Waals surface area contributed by atoms with Crippen LogP contribution in [0.15, 0.2) is 57.9 Å². The van der Waals surface area contributed by atoms with Crippen molar-refractivity contribution in [3.8, 4) is 5.75 Å². The highest BCUT2D eigenvalue weighted by Gasteiger charge is 2.19. The first-order valence-electron chi connectivity index (χ1n) is 6.33. The number of ether oxygens (including phenoxy) is 1. The molecule has 0 heterocycles. The fraction of sp³-hybridized carbons (Fsp3) is 0.133. The van der Waals surface area contributed by atoms with E-state index in [-0.39, 0.29) is 4.90 Å². The monoisotopic (exact) mass is 383 g/mol. The summed E-state index contributed by atoms with van der Waals surface area (Å²) in [4.78, 5) is 12.0. The van der Waals surface area contributed by atoms with Crippen LogP contribution in [0.3, 0.4) is 0 Å². The third-order valence-corrected chi connectivity index (χ3v) is 5.03. The third kappa shape index (κ3) is 4.32. The third-order valence-electron chi connectivity index (χ3n) is 2.87. The quantitative estimate of drug-likeness (QED) is 0.861. The average molecular weight is 384 g/mol. The van der Waals surface area contributed by atoms with E-state index in [1.165, 1.54) is 19.2 Å². The number of methoxy groups -OCH3 is 1. The molecule has 0 aliphatic rings. The summed E-state index contributed by atoms with van der Waals surface area (Å²) in [6.07, 6.45) is 0. The Labute approximate surface area is 137 Å². The minimum absolute atomic E-state index is 0.0826. The van der Waals surface area contributed by atoms with E-state index in [1.54, 1.807) is 36.4 Å². The highest BCUT2D eigenvalue weighted by Crippen LogP contribution is 2.18. The maximum Gasteiger partial charge on any atom is 0.239 e. The van der Waals surface area contributed by atoms with Gasteiger partial charge in [0.05, 0.1) is 12.0 Å². The van der Waals surface area contributed by atoms with Gasteiger partial charge in [-0.15, -0.1) is 0 Å². The predicted octanol–water partition coefficient (Wildman–Crippen LogP) is 2.87. The molecule has 1 amide bonds. The van der Waals surface area contributed by atoms with E-state index in [1.807, 2.05) is 0 Å². The van der Waals surface area contributed by atoms with E-state index in [0.29, 0.717) is 11.4 Å². The molecular formula is C15H14BrNO4S. The summed E-state index contributed by atoms with van der Waals surface area (Å²) in [5.41, 5.74) is 0.540. The Bertz CT molecular complexity index is 755. The van der Waals surface area contributed by atoms with Crippen molar-refractivity contribution in [3.63, 3.8) is 0 Å². The van der Waals surface area contributed by atoms with Crippen molar-refractivity contribution in [2.75, 3.05) is 18.2 Å². The molecule has 22 heavy (non-hydrogen) atoms. The molecule has 2 aromatic rings. The Kier molecular flexibility index (Phi) is 5.20. The van der Waals surface area contributed by atoms with Crippen LogP contribution in [-0.4, -0.2) is 27.2 Å². The van der Waals surface area contributed by atoms with Crippen LogP contribution >= 0.6 is 15.9 Å². The summed E-state index contributed by atoms with van der Waals surface area (Å²) in [6, 6.07) is 12.8. The van der Waals surface area contributed by atoms with Gasteiger partial charge in [0.25, 0.3) is 0 Å². The van der Waals surface area contributed by atoms with E-state index in [2.05, 4.69) is 21.2 Å². The Balaban J connectivity index is 2.07. The Morgan fingerprint density at radius 2 is 1.68 bits per heavy atom. The number of amides is 1. The van der Waals surface area contributed by atoms with Crippen molar-refractivity contribution in [1.29, 1.82) is 0 Å². The largest absolute Gasteiger partial charge is 0.497 e. The lowest BCUT2D eigenvalue weighted by molar-refractivity contribution is -0.113. The van der Waals surface area contributed by atoms with Gasteiger partial charge in [-0.05, 0) is 48.5 Å². The van der Waals surface area contributed by atoms with Crippen molar-refractivity contribution < 1.29 is 17.9 Å². The molecule has 2 rings (SSSR count). The fourth-order valence-electron chi connectivity index (χ4n) is 1.77. The van der Waals surface area contributed by atoms with Crippen LogP contribution in [0.4, 0.5) is 5.69 Å². The van der Waals surface area contributed by atoms with E-state index in [4.69, 9.17) is 4.74 Å². The molecule has 116 valence electrons. The molecule has 0 aromatic heterocycles. The number of nitrogens with one attached hydrogen (secondary N) is 1. The first kappa shape index (κ1) is 16.5. The summed E-state index contributed by atoms with van der Waals surface area (Å²) in [5.74, 6) is -0.647. The maximum atomic E-state index is 12.2. The lowest BCUT2D eigenvalue weighted by atomic mass is 10.3. The SMILES string of the molecule is COc1ccc(S(=O)(=O)CC(=O)Nc2ccc(Br)cc2)cc1. The number of carbonyl (C=O) groups is 1. The van der Waals surface area contributed by atoms with Gasteiger partial charge in [-0.1, -0.05) is 15.9 Å². The zero-order valence-electron chi connectivity index (χ0n) is 11.7. The van der Waals surface area contributed by atoms with Crippen LogP contribution in [0.5, 0.6) is 5.75 Å². The van der Waals surface area contributed by atoms with Gasteiger partial charge in [0, 0.05) is 10.2 Å². The van der Waals surface area contributed by atoms with E-state index >= 15 is 0 Å². The van der Waals surface area contributed by atoms with Crippen LogP contribution in [-0.2, 0) is 14.6 Å². The maximum absolute atomic E-state index is 12.2. The van der Waals surface area contributed by atoms with E-state index < -0.39 is 21.5 Å². The van der Waals surface area contributed by atoms with Crippen molar-refractivity contribution in [2.24, 2.45) is 0 Å². The molecule has 0 fully saturated rings. The van der Waals surface area contributed by atoms with Gasteiger partial charge in [-0.2, -0.15) is 0 Å². The second-order valence-electron chi connectivity index (χ2n) is 4.49. The van der Waals surface area contributed by atoms with E-state index in [9.17, 15) is 13.2 Å². The summed E-state index contributed by atoms with van der Waals surface area (Å²) < 4.78 is 30.2. The molecule has 0 saturated carbocycles. The van der Waals surface area contributed by atoms with Gasteiger partial charge in [-0.3, -0.25) is 4.79 Å². The van der Waals surface area contributed by atoms with Crippen molar-refractivity contribution in [3.05, 3.63) is 53.0 Å². The molecule has 0 radical (unpaired) electrons. The van der Waals surface area contributed by atoms with Gasteiger partial charge >= 0.3 is 0 Å². The van der Waals surface area contributed by atoms with Crippen LogP contribution < -0.4 is 10.1 Å². The molecule has 0 spiro atoms. The number of rotatable bonds is 5. The van der Waals surface area contributed by atoms with Crippen LogP contribution in [0.25, 0.3) is 0 Å².